The molecule has 2 N–H and O–H groups in total. The number of aliphatic imine (C=N–C) groups is 1. The Bertz CT molecular complexity index is 533. The molecule has 0 unspecified atom stereocenters. The topological polar surface area (TPSA) is 67.1 Å². The van der Waals surface area contributed by atoms with Crippen LogP contribution >= 0.6 is 24.0 Å². The Morgan fingerprint density at radius 3 is 2.46 bits per heavy atom. The van der Waals surface area contributed by atoms with Crippen LogP contribution in [0.4, 0.5) is 0 Å². The van der Waals surface area contributed by atoms with Gasteiger partial charge in [-0.3, -0.25) is 0 Å². The van der Waals surface area contributed by atoms with Crippen molar-refractivity contribution in [3.05, 3.63) is 11.6 Å². The molecule has 2 rings (SSSR count). The predicted octanol–water partition coefficient (Wildman–Crippen LogP) is 3.01. The van der Waals surface area contributed by atoms with Crippen molar-refractivity contribution >= 4 is 29.9 Å². The second-order valence-electron chi connectivity index (χ2n) is 7.22. The van der Waals surface area contributed by atoms with Gasteiger partial charge in [-0.1, -0.05) is 20.3 Å². The monoisotopic (exact) mass is 448 g/mol. The van der Waals surface area contributed by atoms with E-state index in [9.17, 15) is 0 Å². The number of aromatic nitrogens is 3. The Kier molecular flexibility index (Phi) is 8.45. The van der Waals surface area contributed by atoms with Gasteiger partial charge in [-0.2, -0.15) is 0 Å². The van der Waals surface area contributed by atoms with Crippen LogP contribution in [0.5, 0.6) is 0 Å². The summed E-state index contributed by atoms with van der Waals surface area (Å²) in [6, 6.07) is 0. The van der Waals surface area contributed by atoms with Crippen LogP contribution in [0.2, 0.25) is 0 Å². The highest BCUT2D eigenvalue weighted by Crippen LogP contribution is 2.45. The van der Waals surface area contributed by atoms with Crippen molar-refractivity contribution in [2.24, 2.45) is 23.4 Å². The molecule has 0 saturated heterocycles. The first kappa shape index (κ1) is 21.2. The van der Waals surface area contributed by atoms with Gasteiger partial charge in [0.25, 0.3) is 0 Å². The van der Waals surface area contributed by atoms with E-state index in [4.69, 9.17) is 0 Å². The lowest BCUT2D eigenvalue weighted by atomic mass is 9.64. The molecule has 0 amide bonds. The third-order valence-corrected chi connectivity index (χ3v) is 4.79. The molecule has 1 saturated carbocycles. The van der Waals surface area contributed by atoms with E-state index in [0.29, 0.717) is 12.0 Å². The minimum atomic E-state index is 0. The average Bonchev–Trinajstić information content (AvgIpc) is 2.78. The third-order valence-electron chi connectivity index (χ3n) is 4.79. The molecule has 0 radical (unpaired) electrons. The van der Waals surface area contributed by atoms with Crippen LogP contribution in [0.1, 0.15) is 58.1 Å². The molecule has 1 aliphatic rings. The molecular weight excluding hydrogens is 415 g/mol. The molecule has 0 aromatic carbocycles. The first-order valence-electron chi connectivity index (χ1n) is 8.83. The fourth-order valence-electron chi connectivity index (χ4n) is 3.35. The maximum Gasteiger partial charge on any atom is 0.191 e. The van der Waals surface area contributed by atoms with Crippen LogP contribution in [0, 0.1) is 18.3 Å². The summed E-state index contributed by atoms with van der Waals surface area (Å²) in [5.41, 5.74) is 0.464. The van der Waals surface area contributed by atoms with Gasteiger partial charge in [0.05, 0.1) is 0 Å². The highest BCUT2D eigenvalue weighted by Gasteiger charge is 2.37. The molecule has 0 bridgehead atoms. The highest BCUT2D eigenvalue weighted by molar-refractivity contribution is 14.0. The van der Waals surface area contributed by atoms with E-state index >= 15 is 0 Å². The van der Waals surface area contributed by atoms with E-state index in [-0.39, 0.29) is 24.0 Å². The molecule has 138 valence electrons. The van der Waals surface area contributed by atoms with Gasteiger partial charge in [0.15, 0.2) is 11.8 Å². The van der Waals surface area contributed by atoms with Gasteiger partial charge in [-0.15, -0.1) is 34.2 Å². The van der Waals surface area contributed by atoms with Crippen molar-refractivity contribution in [3.63, 3.8) is 0 Å². The third kappa shape index (κ3) is 5.60. The highest BCUT2D eigenvalue weighted by atomic mass is 127. The number of halogens is 1. The summed E-state index contributed by atoms with van der Waals surface area (Å²) < 4.78 is 1.99. The molecule has 1 aromatic heterocycles. The zero-order valence-electron chi connectivity index (χ0n) is 15.7. The summed E-state index contributed by atoms with van der Waals surface area (Å²) in [5.74, 6) is 3.43. The first-order chi connectivity index (χ1) is 11.0. The second kappa shape index (κ2) is 9.58. The van der Waals surface area contributed by atoms with Gasteiger partial charge in [0.1, 0.15) is 12.4 Å². The molecule has 1 heterocycles. The van der Waals surface area contributed by atoms with Crippen LogP contribution < -0.4 is 10.6 Å². The molecule has 1 aliphatic carbocycles. The Hall–Kier alpha value is -0.860. The zero-order chi connectivity index (χ0) is 16.9. The summed E-state index contributed by atoms with van der Waals surface area (Å²) in [4.78, 5) is 4.67. The number of nitrogens with zero attached hydrogens (tertiary/aromatic N) is 4. The normalized spacial score (nSPS) is 16.5. The van der Waals surface area contributed by atoms with Gasteiger partial charge >= 0.3 is 0 Å². The number of aryl methyl sites for hydroxylation is 1. The lowest BCUT2D eigenvalue weighted by Crippen LogP contribution is -2.47. The molecule has 0 aliphatic heterocycles. The van der Waals surface area contributed by atoms with E-state index < -0.39 is 0 Å². The molecule has 1 fully saturated rings. The molecular formula is C17H33IN6. The van der Waals surface area contributed by atoms with E-state index in [1.54, 1.807) is 0 Å². The number of rotatable bonds is 7. The lowest BCUT2D eigenvalue weighted by Gasteiger charge is -2.43. The van der Waals surface area contributed by atoms with Crippen molar-refractivity contribution in [3.8, 4) is 0 Å². The van der Waals surface area contributed by atoms with Gasteiger partial charge in [-0.05, 0) is 44.4 Å². The molecule has 1 aromatic rings. The Labute approximate surface area is 163 Å². The first-order valence-corrected chi connectivity index (χ1v) is 8.83. The molecule has 0 spiro atoms. The fraction of sp³-hybridized carbons (Fsp3) is 0.824. The Morgan fingerprint density at radius 1 is 1.29 bits per heavy atom. The van der Waals surface area contributed by atoms with Crippen molar-refractivity contribution in [2.75, 3.05) is 13.1 Å². The lowest BCUT2D eigenvalue weighted by molar-refractivity contribution is 0.104. The molecule has 7 heteroatoms. The Balaban J connectivity index is 0.00000288. The number of guanidine groups is 1. The summed E-state index contributed by atoms with van der Waals surface area (Å²) >= 11 is 0. The maximum absolute atomic E-state index is 4.67. The SMILES string of the molecule is CCNC(=NCc1nnc(C)n1C)NCC1(CC(C)C)CCC1.I. The maximum atomic E-state index is 4.67. The van der Waals surface area contributed by atoms with Crippen LogP contribution in [-0.4, -0.2) is 33.8 Å². The minimum Gasteiger partial charge on any atom is -0.357 e. The van der Waals surface area contributed by atoms with Crippen LogP contribution in [-0.2, 0) is 13.6 Å². The van der Waals surface area contributed by atoms with Crippen molar-refractivity contribution in [1.82, 2.24) is 25.4 Å². The van der Waals surface area contributed by atoms with Gasteiger partial charge in [0.2, 0.25) is 0 Å². The molecule has 6 nitrogen and oxygen atoms in total. The van der Waals surface area contributed by atoms with Crippen molar-refractivity contribution in [1.29, 1.82) is 0 Å². The van der Waals surface area contributed by atoms with Gasteiger partial charge in [-0.25, -0.2) is 4.99 Å². The zero-order valence-corrected chi connectivity index (χ0v) is 18.1. The van der Waals surface area contributed by atoms with Crippen molar-refractivity contribution < 1.29 is 0 Å². The van der Waals surface area contributed by atoms with Crippen molar-refractivity contribution in [2.45, 2.75) is 59.9 Å². The number of nitrogens with one attached hydrogen (secondary N) is 2. The smallest absolute Gasteiger partial charge is 0.191 e. The Morgan fingerprint density at radius 2 is 2.00 bits per heavy atom. The summed E-state index contributed by atoms with van der Waals surface area (Å²) in [5, 5.41) is 15.1. The molecule has 0 atom stereocenters. The summed E-state index contributed by atoms with van der Waals surface area (Å²) in [6.45, 7) is 11.1. The van der Waals surface area contributed by atoms with E-state index in [1.165, 1.54) is 25.7 Å². The van der Waals surface area contributed by atoms with Crippen LogP contribution in [0.3, 0.4) is 0 Å². The summed E-state index contributed by atoms with van der Waals surface area (Å²) in [7, 11) is 1.98. The van der Waals surface area contributed by atoms with Gasteiger partial charge in [0, 0.05) is 20.1 Å². The average molecular weight is 448 g/mol. The predicted molar refractivity (Wildman–Crippen MR) is 110 cm³/mol. The second-order valence-corrected chi connectivity index (χ2v) is 7.22. The number of hydrogen-bond donors (Lipinski definition) is 2. The van der Waals surface area contributed by atoms with E-state index in [0.717, 1.165) is 36.6 Å². The molecule has 24 heavy (non-hydrogen) atoms. The fourth-order valence-corrected chi connectivity index (χ4v) is 3.35. The van der Waals surface area contributed by atoms with E-state index in [1.807, 2.05) is 18.5 Å². The number of hydrogen-bond acceptors (Lipinski definition) is 3. The van der Waals surface area contributed by atoms with E-state index in [2.05, 4.69) is 46.6 Å². The quantitative estimate of drug-likeness (QED) is 0.383. The van der Waals surface area contributed by atoms with Gasteiger partial charge < -0.3 is 15.2 Å². The standard InChI is InChI=1S/C17H32N6.HI/c1-6-18-16(19-11-15-22-21-14(4)23(15)5)20-12-17(8-7-9-17)10-13(2)3;/h13H,6-12H2,1-5H3,(H2,18,19,20);1H. The van der Waals surface area contributed by atoms with Crippen LogP contribution in [0.25, 0.3) is 0 Å². The summed E-state index contributed by atoms with van der Waals surface area (Å²) in [6.07, 6.45) is 5.32. The minimum absolute atomic E-state index is 0. The van der Waals surface area contributed by atoms with Crippen LogP contribution in [0.15, 0.2) is 4.99 Å². The largest absolute Gasteiger partial charge is 0.357 e.